The van der Waals surface area contributed by atoms with Crippen molar-refractivity contribution in [1.29, 1.82) is 0 Å². The molecule has 2 aliphatic rings. The first-order valence-corrected chi connectivity index (χ1v) is 7.46. The van der Waals surface area contributed by atoms with Crippen LogP contribution in [0.1, 0.15) is 23.6 Å². The molecule has 0 fully saturated rings. The van der Waals surface area contributed by atoms with E-state index in [1.807, 2.05) is 7.05 Å². The number of alkyl halides is 3. The largest absolute Gasteiger partial charge is 0.492 e. The fourth-order valence-corrected chi connectivity index (χ4v) is 3.30. The van der Waals surface area contributed by atoms with Crippen LogP contribution in [0.4, 0.5) is 13.2 Å². The number of halogens is 3. The van der Waals surface area contributed by atoms with Gasteiger partial charge in [-0.15, -0.1) is 0 Å². The van der Waals surface area contributed by atoms with Crippen molar-refractivity contribution in [2.75, 3.05) is 27.5 Å². The molecule has 3 rings (SSSR count). The van der Waals surface area contributed by atoms with E-state index >= 15 is 0 Å². The van der Waals surface area contributed by atoms with E-state index in [1.54, 1.807) is 6.07 Å². The number of hydrogen-bond donors (Lipinski definition) is 2. The molecule has 6 nitrogen and oxygen atoms in total. The van der Waals surface area contributed by atoms with Crippen molar-refractivity contribution in [3.05, 3.63) is 17.2 Å². The second kappa shape index (κ2) is 6.04. The summed E-state index contributed by atoms with van der Waals surface area (Å²) in [6.07, 6.45) is -4.45. The molecule has 0 aromatic heterocycles. The maximum absolute atomic E-state index is 13.0. The van der Waals surface area contributed by atoms with Crippen LogP contribution in [-0.4, -0.2) is 44.6 Å². The van der Waals surface area contributed by atoms with Crippen molar-refractivity contribution in [3.63, 3.8) is 0 Å². The lowest BCUT2D eigenvalue weighted by Gasteiger charge is -2.33. The van der Waals surface area contributed by atoms with Crippen molar-refractivity contribution in [2.24, 2.45) is 5.16 Å². The molecule has 9 heteroatoms. The van der Waals surface area contributed by atoms with Gasteiger partial charge in [0.05, 0.1) is 32.7 Å². The average Bonchev–Trinajstić information content (AvgIpc) is 2.98. The number of fused-ring (bicyclic) bond motifs is 2. The molecule has 132 valence electrons. The standard InChI is InChI=1S/C15H17F3N2O4/c1-20-4-3-8-5-10-13(24-7-23-10)14(22-2)12(8)9(20)6-11(19-21)15(16,17)18/h5,9,21H,3-4,6-7H2,1-2H3/p+1/b19-11+/t9-/m0/s1. The van der Waals surface area contributed by atoms with Crippen molar-refractivity contribution in [2.45, 2.75) is 25.1 Å². The summed E-state index contributed by atoms with van der Waals surface area (Å²) in [5, 5.41) is 11.3. The Kier molecular flexibility index (Phi) is 4.20. The van der Waals surface area contributed by atoms with E-state index in [0.717, 1.165) is 10.5 Å². The maximum Gasteiger partial charge on any atom is 0.432 e. The van der Waals surface area contributed by atoms with Gasteiger partial charge in [-0.1, -0.05) is 5.16 Å². The van der Waals surface area contributed by atoms with Gasteiger partial charge in [0.1, 0.15) is 6.04 Å². The summed E-state index contributed by atoms with van der Waals surface area (Å²) in [5.74, 6) is 1.34. The molecule has 0 spiro atoms. The van der Waals surface area contributed by atoms with E-state index in [2.05, 4.69) is 5.16 Å². The number of oxime groups is 1. The van der Waals surface area contributed by atoms with E-state index in [4.69, 9.17) is 19.4 Å². The Morgan fingerprint density at radius 2 is 2.21 bits per heavy atom. The summed E-state index contributed by atoms with van der Waals surface area (Å²) in [6, 6.07) is 1.23. The van der Waals surface area contributed by atoms with E-state index in [1.165, 1.54) is 7.11 Å². The number of rotatable bonds is 3. The van der Waals surface area contributed by atoms with Gasteiger partial charge in [-0.2, -0.15) is 13.2 Å². The van der Waals surface area contributed by atoms with Gasteiger partial charge in [-0.3, -0.25) is 0 Å². The fraction of sp³-hybridized carbons (Fsp3) is 0.533. The molecule has 2 N–H and O–H groups in total. The SMILES string of the molecule is COc1c2c(cc3c1[C@H](C/C(=N\O)C(F)(F)F)[NH+](C)CC3)OCO2. The maximum atomic E-state index is 13.0. The highest BCUT2D eigenvalue weighted by Crippen LogP contribution is 2.48. The molecular weight excluding hydrogens is 329 g/mol. The normalized spacial score (nSPS) is 23.1. The van der Waals surface area contributed by atoms with Crippen LogP contribution in [0.2, 0.25) is 0 Å². The lowest BCUT2D eigenvalue weighted by atomic mass is 9.88. The summed E-state index contributed by atoms with van der Waals surface area (Å²) in [6.45, 7) is 0.699. The van der Waals surface area contributed by atoms with Crippen LogP contribution in [0.25, 0.3) is 0 Å². The first kappa shape index (κ1) is 16.7. The van der Waals surface area contributed by atoms with E-state index < -0.39 is 24.4 Å². The van der Waals surface area contributed by atoms with E-state index in [-0.39, 0.29) is 6.79 Å². The Hall–Kier alpha value is -2.16. The zero-order valence-electron chi connectivity index (χ0n) is 13.2. The van der Waals surface area contributed by atoms with Crippen LogP contribution in [0.15, 0.2) is 11.2 Å². The molecule has 0 aliphatic carbocycles. The first-order valence-electron chi connectivity index (χ1n) is 7.46. The zero-order valence-corrected chi connectivity index (χ0v) is 13.2. The molecule has 0 amide bonds. The molecule has 24 heavy (non-hydrogen) atoms. The number of nitrogens with one attached hydrogen (secondary N) is 1. The second-order valence-electron chi connectivity index (χ2n) is 5.86. The van der Waals surface area contributed by atoms with Crippen LogP contribution >= 0.6 is 0 Å². The second-order valence-corrected chi connectivity index (χ2v) is 5.86. The van der Waals surface area contributed by atoms with Crippen LogP contribution in [0.5, 0.6) is 17.2 Å². The Morgan fingerprint density at radius 3 is 2.83 bits per heavy atom. The van der Waals surface area contributed by atoms with Gasteiger partial charge in [0.25, 0.3) is 0 Å². The third kappa shape index (κ3) is 2.72. The Balaban J connectivity index is 2.07. The molecule has 0 saturated carbocycles. The van der Waals surface area contributed by atoms with Crippen molar-refractivity contribution >= 4 is 5.71 Å². The molecule has 0 radical (unpaired) electrons. The minimum Gasteiger partial charge on any atom is -0.492 e. The van der Waals surface area contributed by atoms with Crippen LogP contribution in [0.3, 0.4) is 0 Å². The minimum absolute atomic E-state index is 0.0495. The molecular formula is C15H18F3N2O4+. The van der Waals surface area contributed by atoms with Crippen molar-refractivity contribution in [1.82, 2.24) is 0 Å². The predicted molar refractivity (Wildman–Crippen MR) is 77.2 cm³/mol. The number of nitrogens with zero attached hydrogens (tertiary/aromatic N) is 1. The molecule has 2 heterocycles. The topological polar surface area (TPSA) is 64.7 Å². The number of ether oxygens (including phenoxy) is 3. The molecule has 1 aromatic rings. The average molecular weight is 347 g/mol. The molecule has 1 aromatic carbocycles. The van der Waals surface area contributed by atoms with Gasteiger partial charge < -0.3 is 24.3 Å². The van der Waals surface area contributed by atoms with Gasteiger partial charge >= 0.3 is 6.18 Å². The summed E-state index contributed by atoms with van der Waals surface area (Å²) in [5.41, 5.74) is 0.307. The first-order chi connectivity index (χ1) is 11.4. The van der Waals surface area contributed by atoms with Crippen molar-refractivity contribution in [3.8, 4) is 17.2 Å². The third-order valence-electron chi connectivity index (χ3n) is 4.53. The third-order valence-corrected chi connectivity index (χ3v) is 4.53. The Morgan fingerprint density at radius 1 is 1.46 bits per heavy atom. The quantitative estimate of drug-likeness (QED) is 0.492. The Bertz CT molecular complexity index is 676. The van der Waals surface area contributed by atoms with Crippen molar-refractivity contribution < 1.29 is 37.5 Å². The lowest BCUT2D eigenvalue weighted by Crippen LogP contribution is -3.10. The number of benzene rings is 1. The van der Waals surface area contributed by atoms with Gasteiger partial charge in [0.15, 0.2) is 17.2 Å². The molecule has 2 aliphatic heterocycles. The molecule has 0 saturated heterocycles. The van der Waals surface area contributed by atoms with Crippen LogP contribution in [0, 0.1) is 0 Å². The number of hydrogen-bond acceptors (Lipinski definition) is 5. The smallest absolute Gasteiger partial charge is 0.432 e. The van der Waals surface area contributed by atoms with Gasteiger partial charge in [0.2, 0.25) is 12.5 Å². The van der Waals surface area contributed by atoms with Crippen LogP contribution < -0.4 is 19.1 Å². The molecule has 0 bridgehead atoms. The summed E-state index contributed by atoms with van der Waals surface area (Å²) >= 11 is 0. The monoisotopic (exact) mass is 347 g/mol. The van der Waals surface area contributed by atoms with Crippen LogP contribution in [-0.2, 0) is 6.42 Å². The fourth-order valence-electron chi connectivity index (χ4n) is 3.30. The van der Waals surface area contributed by atoms with E-state index in [9.17, 15) is 13.2 Å². The lowest BCUT2D eigenvalue weighted by molar-refractivity contribution is -0.913. The van der Waals surface area contributed by atoms with E-state index in [0.29, 0.717) is 35.8 Å². The van der Waals surface area contributed by atoms with Gasteiger partial charge in [-0.05, 0) is 11.6 Å². The predicted octanol–water partition coefficient (Wildman–Crippen LogP) is 1.32. The molecule has 1 unspecified atom stereocenters. The highest BCUT2D eigenvalue weighted by Gasteiger charge is 2.43. The minimum atomic E-state index is -4.68. The zero-order chi connectivity index (χ0) is 17.5. The highest BCUT2D eigenvalue weighted by molar-refractivity contribution is 5.89. The van der Waals surface area contributed by atoms with Gasteiger partial charge in [0, 0.05) is 6.42 Å². The Labute approximate surface area is 136 Å². The summed E-state index contributed by atoms with van der Waals surface area (Å²) in [4.78, 5) is 0.880. The number of likely N-dealkylation sites (N-methyl/N-ethyl adjacent to an activating group) is 1. The molecule has 2 atom stereocenters. The highest BCUT2D eigenvalue weighted by atomic mass is 19.4. The number of quaternary nitrogens is 1. The summed E-state index contributed by atoms with van der Waals surface area (Å²) in [7, 11) is 3.26. The summed E-state index contributed by atoms with van der Waals surface area (Å²) < 4.78 is 55.2. The number of methoxy groups -OCH3 is 1. The van der Waals surface area contributed by atoms with Gasteiger partial charge in [-0.25, -0.2) is 0 Å².